The number of carbonyl (C=O) groups is 1. The molecular weight excluding hydrogens is 388 g/mol. The number of hydrogen-bond donors (Lipinski definition) is 0. The first-order valence-corrected chi connectivity index (χ1v) is 11.5. The van der Waals surface area contributed by atoms with Gasteiger partial charge in [-0.15, -0.1) is 0 Å². The second-order valence-electron chi connectivity index (χ2n) is 8.74. The Labute approximate surface area is 183 Å². The largest absolute Gasteiger partial charge is 0.352 e. The summed E-state index contributed by atoms with van der Waals surface area (Å²) in [5, 5.41) is 5.61. The molecule has 1 saturated heterocycles. The third-order valence-corrected chi connectivity index (χ3v) is 6.64. The summed E-state index contributed by atoms with van der Waals surface area (Å²) in [4.78, 5) is 26.8. The minimum Gasteiger partial charge on any atom is -0.352 e. The molecule has 0 bridgehead atoms. The van der Waals surface area contributed by atoms with E-state index < -0.39 is 0 Å². The SMILES string of the molecule is CCc1nc(N2CCN(C(=O)C3CCCC3)CC2)c2cnn(-c3ccc(C)cc3)c2n1. The predicted molar refractivity (Wildman–Crippen MR) is 122 cm³/mol. The van der Waals surface area contributed by atoms with E-state index in [1.807, 2.05) is 10.9 Å². The van der Waals surface area contributed by atoms with E-state index in [0.29, 0.717) is 5.91 Å². The van der Waals surface area contributed by atoms with Crippen LogP contribution in [0.25, 0.3) is 16.7 Å². The summed E-state index contributed by atoms with van der Waals surface area (Å²) in [7, 11) is 0. The Morgan fingerprint density at radius 1 is 1.03 bits per heavy atom. The third kappa shape index (κ3) is 3.77. The van der Waals surface area contributed by atoms with Crippen LogP contribution >= 0.6 is 0 Å². The first-order chi connectivity index (χ1) is 15.1. The molecule has 1 aliphatic carbocycles. The fraction of sp³-hybridized carbons (Fsp3) is 0.500. The molecule has 1 amide bonds. The fourth-order valence-electron chi connectivity index (χ4n) is 4.78. The standard InChI is InChI=1S/C24H30N6O/c1-3-21-26-22(28-12-14-29(15-13-28)24(31)18-6-4-5-7-18)20-16-25-30(23(20)27-21)19-10-8-17(2)9-11-19/h8-11,16,18H,3-7,12-15H2,1-2H3. The molecule has 0 N–H and O–H groups in total. The van der Waals surface area contributed by atoms with E-state index >= 15 is 0 Å². The maximum Gasteiger partial charge on any atom is 0.225 e. The molecule has 2 fully saturated rings. The second kappa shape index (κ2) is 8.29. The molecule has 3 heterocycles. The number of aryl methyl sites for hydroxylation is 2. The number of hydrogen-bond acceptors (Lipinski definition) is 5. The van der Waals surface area contributed by atoms with Crippen molar-refractivity contribution < 1.29 is 4.79 Å². The van der Waals surface area contributed by atoms with Gasteiger partial charge in [-0.3, -0.25) is 4.79 Å². The van der Waals surface area contributed by atoms with Gasteiger partial charge < -0.3 is 9.80 Å². The van der Waals surface area contributed by atoms with E-state index in [1.165, 1.54) is 18.4 Å². The van der Waals surface area contributed by atoms with E-state index in [1.54, 1.807) is 0 Å². The number of aromatic nitrogens is 4. The summed E-state index contributed by atoms with van der Waals surface area (Å²) in [6, 6.07) is 8.32. The van der Waals surface area contributed by atoms with E-state index in [9.17, 15) is 4.79 Å². The molecule has 2 aromatic heterocycles. The van der Waals surface area contributed by atoms with Gasteiger partial charge in [0.1, 0.15) is 11.6 Å². The Kier molecular flexibility index (Phi) is 5.34. The highest BCUT2D eigenvalue weighted by Crippen LogP contribution is 2.29. The highest BCUT2D eigenvalue weighted by Gasteiger charge is 2.30. The molecule has 0 unspecified atom stereocenters. The Morgan fingerprint density at radius 3 is 2.42 bits per heavy atom. The molecule has 7 heteroatoms. The Hall–Kier alpha value is -2.96. The molecule has 31 heavy (non-hydrogen) atoms. The minimum absolute atomic E-state index is 0.247. The molecule has 1 aliphatic heterocycles. The monoisotopic (exact) mass is 418 g/mol. The van der Waals surface area contributed by atoms with Crippen molar-refractivity contribution in [1.29, 1.82) is 0 Å². The van der Waals surface area contributed by atoms with Crippen molar-refractivity contribution in [2.75, 3.05) is 31.1 Å². The number of rotatable bonds is 4. The molecule has 3 aromatic rings. The quantitative estimate of drug-likeness (QED) is 0.648. The van der Waals surface area contributed by atoms with Crippen LogP contribution in [0.3, 0.4) is 0 Å². The summed E-state index contributed by atoms with van der Waals surface area (Å²) in [5.74, 6) is 2.36. The highest BCUT2D eigenvalue weighted by molar-refractivity contribution is 5.88. The van der Waals surface area contributed by atoms with Crippen molar-refractivity contribution in [3.63, 3.8) is 0 Å². The van der Waals surface area contributed by atoms with Crippen LogP contribution in [0.2, 0.25) is 0 Å². The van der Waals surface area contributed by atoms with E-state index in [4.69, 9.17) is 9.97 Å². The van der Waals surface area contributed by atoms with Gasteiger partial charge in [-0.1, -0.05) is 37.5 Å². The van der Waals surface area contributed by atoms with E-state index in [-0.39, 0.29) is 5.92 Å². The van der Waals surface area contributed by atoms with Gasteiger partial charge in [-0.2, -0.15) is 5.10 Å². The lowest BCUT2D eigenvalue weighted by molar-refractivity contribution is -0.135. The molecule has 0 spiro atoms. The Balaban J connectivity index is 1.42. The van der Waals surface area contributed by atoms with Gasteiger partial charge in [0.05, 0.1) is 17.3 Å². The number of amides is 1. The lowest BCUT2D eigenvalue weighted by atomic mass is 10.1. The normalized spacial score (nSPS) is 17.6. The summed E-state index contributed by atoms with van der Waals surface area (Å²) in [5.41, 5.74) is 3.06. The van der Waals surface area contributed by atoms with Crippen molar-refractivity contribution in [2.45, 2.75) is 46.0 Å². The summed E-state index contributed by atoms with van der Waals surface area (Å²) in [6.07, 6.45) is 7.15. The topological polar surface area (TPSA) is 67.2 Å². The van der Waals surface area contributed by atoms with Gasteiger partial charge in [-0.05, 0) is 31.9 Å². The van der Waals surface area contributed by atoms with Gasteiger partial charge >= 0.3 is 0 Å². The van der Waals surface area contributed by atoms with Crippen LogP contribution in [0.4, 0.5) is 5.82 Å². The molecule has 7 nitrogen and oxygen atoms in total. The fourth-order valence-corrected chi connectivity index (χ4v) is 4.78. The van der Waals surface area contributed by atoms with E-state index in [0.717, 1.165) is 73.8 Å². The van der Waals surface area contributed by atoms with Gasteiger partial charge in [0.2, 0.25) is 5.91 Å². The zero-order valence-electron chi connectivity index (χ0n) is 18.4. The van der Waals surface area contributed by atoms with Crippen LogP contribution in [0.5, 0.6) is 0 Å². The number of benzene rings is 1. The maximum absolute atomic E-state index is 12.8. The van der Waals surface area contributed by atoms with Crippen LogP contribution < -0.4 is 4.90 Å². The van der Waals surface area contributed by atoms with Crippen LogP contribution in [0.15, 0.2) is 30.5 Å². The van der Waals surface area contributed by atoms with Gasteiger partial charge in [0.25, 0.3) is 0 Å². The van der Waals surface area contributed by atoms with Crippen molar-refractivity contribution in [3.05, 3.63) is 41.9 Å². The van der Waals surface area contributed by atoms with E-state index in [2.05, 4.69) is 53.0 Å². The van der Waals surface area contributed by atoms with Gasteiger partial charge in [-0.25, -0.2) is 14.6 Å². The molecule has 1 saturated carbocycles. The first-order valence-electron chi connectivity index (χ1n) is 11.5. The van der Waals surface area contributed by atoms with Crippen LogP contribution in [-0.2, 0) is 11.2 Å². The lowest BCUT2D eigenvalue weighted by Crippen LogP contribution is -2.50. The summed E-state index contributed by atoms with van der Waals surface area (Å²) < 4.78 is 1.90. The molecular formula is C24H30N6O. The molecule has 0 atom stereocenters. The summed E-state index contributed by atoms with van der Waals surface area (Å²) in [6.45, 7) is 7.27. The van der Waals surface area contributed by atoms with Gasteiger partial charge in [0, 0.05) is 38.5 Å². The number of carbonyl (C=O) groups excluding carboxylic acids is 1. The smallest absolute Gasteiger partial charge is 0.225 e. The molecule has 162 valence electrons. The van der Waals surface area contributed by atoms with Crippen molar-refractivity contribution >= 4 is 22.8 Å². The maximum atomic E-state index is 12.8. The molecule has 5 rings (SSSR count). The zero-order chi connectivity index (χ0) is 21.4. The van der Waals surface area contributed by atoms with Gasteiger partial charge in [0.15, 0.2) is 5.65 Å². The molecule has 0 radical (unpaired) electrons. The lowest BCUT2D eigenvalue weighted by Gasteiger charge is -2.36. The Morgan fingerprint density at radius 2 is 1.74 bits per heavy atom. The minimum atomic E-state index is 0.247. The average Bonchev–Trinajstić information content (AvgIpc) is 3.49. The average molecular weight is 419 g/mol. The van der Waals surface area contributed by atoms with Crippen molar-refractivity contribution in [1.82, 2.24) is 24.6 Å². The predicted octanol–water partition coefficient (Wildman–Crippen LogP) is 3.53. The summed E-state index contributed by atoms with van der Waals surface area (Å²) >= 11 is 0. The van der Waals surface area contributed by atoms with Crippen molar-refractivity contribution in [2.24, 2.45) is 5.92 Å². The van der Waals surface area contributed by atoms with Crippen LogP contribution in [0, 0.1) is 12.8 Å². The highest BCUT2D eigenvalue weighted by atomic mass is 16.2. The zero-order valence-corrected chi connectivity index (χ0v) is 18.4. The second-order valence-corrected chi connectivity index (χ2v) is 8.74. The van der Waals surface area contributed by atoms with Crippen LogP contribution in [-0.4, -0.2) is 56.7 Å². The molecule has 2 aliphatic rings. The number of nitrogens with zero attached hydrogens (tertiary/aromatic N) is 6. The van der Waals surface area contributed by atoms with Crippen LogP contribution in [0.1, 0.15) is 44.0 Å². The number of piperazine rings is 1. The number of anilines is 1. The van der Waals surface area contributed by atoms with Crippen molar-refractivity contribution in [3.8, 4) is 5.69 Å². The first kappa shape index (κ1) is 20.0. The third-order valence-electron chi connectivity index (χ3n) is 6.64. The molecule has 1 aromatic carbocycles. The number of fused-ring (bicyclic) bond motifs is 1. The Bertz CT molecular complexity index is 1080.